The van der Waals surface area contributed by atoms with Gasteiger partial charge in [-0.05, 0) is 67.9 Å². The number of carbonyl (C=O) groups excluding carboxylic acids is 1. The quantitative estimate of drug-likeness (QED) is 0.374. The van der Waals surface area contributed by atoms with Crippen molar-refractivity contribution in [2.75, 3.05) is 30.0 Å². The van der Waals surface area contributed by atoms with Gasteiger partial charge < -0.3 is 24.1 Å². The molecule has 5 rings (SSSR count). The number of aromatic carboxylic acids is 1. The number of hydrogen-bond acceptors (Lipinski definition) is 7. The van der Waals surface area contributed by atoms with Gasteiger partial charge in [0.25, 0.3) is 5.91 Å². The minimum absolute atomic E-state index is 0.134. The van der Waals surface area contributed by atoms with E-state index in [-0.39, 0.29) is 11.5 Å². The van der Waals surface area contributed by atoms with E-state index in [9.17, 15) is 14.7 Å². The standard InChI is InChI=1S/C28H26N4O5/c1-4-32-25-22(27(33)31(3)23-6-5-12-29-26(23)32)14-18(16-30-25)11-13-36-20-9-7-19(8-10-20)24-15-21(28(34)35)17(2)37-24/h5-10,12,14-16H,4,11,13H2,1-3H3,(H,34,35). The third kappa shape index (κ3) is 4.51. The fourth-order valence-electron chi connectivity index (χ4n) is 4.40. The van der Waals surface area contributed by atoms with Crippen LogP contribution in [-0.2, 0) is 6.42 Å². The van der Waals surface area contributed by atoms with Gasteiger partial charge in [0, 0.05) is 38.0 Å². The zero-order valence-corrected chi connectivity index (χ0v) is 20.8. The first kappa shape index (κ1) is 24.1. The lowest BCUT2D eigenvalue weighted by molar-refractivity contribution is 0.0694. The van der Waals surface area contributed by atoms with Crippen molar-refractivity contribution < 1.29 is 23.8 Å². The molecule has 0 radical (unpaired) electrons. The van der Waals surface area contributed by atoms with Gasteiger partial charge >= 0.3 is 5.97 Å². The van der Waals surface area contributed by atoms with Crippen molar-refractivity contribution in [2.24, 2.45) is 0 Å². The number of furan rings is 1. The van der Waals surface area contributed by atoms with Gasteiger partial charge in [0.15, 0.2) is 5.82 Å². The number of benzene rings is 1. The number of carboxylic acid groups (broad SMARTS) is 1. The van der Waals surface area contributed by atoms with Gasteiger partial charge in [0.2, 0.25) is 0 Å². The molecule has 37 heavy (non-hydrogen) atoms. The second-order valence-electron chi connectivity index (χ2n) is 8.68. The van der Waals surface area contributed by atoms with Crippen LogP contribution in [0, 0.1) is 6.92 Å². The molecule has 1 aliphatic heterocycles. The van der Waals surface area contributed by atoms with E-state index in [1.54, 1.807) is 31.3 Å². The molecule has 1 N–H and O–H groups in total. The summed E-state index contributed by atoms with van der Waals surface area (Å²) in [7, 11) is 1.75. The lowest BCUT2D eigenvalue weighted by atomic mass is 10.1. The Morgan fingerprint density at radius 3 is 2.59 bits per heavy atom. The highest BCUT2D eigenvalue weighted by atomic mass is 16.5. The van der Waals surface area contributed by atoms with E-state index in [2.05, 4.69) is 9.97 Å². The predicted octanol–water partition coefficient (Wildman–Crippen LogP) is 5.11. The topological polar surface area (TPSA) is 109 Å². The van der Waals surface area contributed by atoms with Crippen molar-refractivity contribution in [3.63, 3.8) is 0 Å². The number of nitrogens with zero attached hydrogens (tertiary/aromatic N) is 4. The molecule has 0 fully saturated rings. The Labute approximate surface area is 214 Å². The van der Waals surface area contributed by atoms with E-state index in [0.29, 0.717) is 54.0 Å². The van der Waals surface area contributed by atoms with Gasteiger partial charge in [-0.2, -0.15) is 0 Å². The van der Waals surface area contributed by atoms with E-state index < -0.39 is 5.97 Å². The van der Waals surface area contributed by atoms with Gasteiger partial charge in [-0.15, -0.1) is 0 Å². The Hall–Kier alpha value is -4.66. The molecule has 0 spiro atoms. The normalized spacial score (nSPS) is 12.7. The number of aryl methyl sites for hydroxylation is 1. The first-order valence-corrected chi connectivity index (χ1v) is 11.9. The number of fused-ring (bicyclic) bond motifs is 2. The average molecular weight is 499 g/mol. The summed E-state index contributed by atoms with van der Waals surface area (Å²) < 4.78 is 11.5. The Kier molecular flexibility index (Phi) is 6.35. The lowest BCUT2D eigenvalue weighted by Crippen LogP contribution is -2.25. The zero-order chi connectivity index (χ0) is 26.1. The number of amides is 1. The Morgan fingerprint density at radius 1 is 1.11 bits per heavy atom. The van der Waals surface area contributed by atoms with E-state index >= 15 is 0 Å². The number of rotatable bonds is 7. The van der Waals surface area contributed by atoms with Crippen molar-refractivity contribution in [1.29, 1.82) is 0 Å². The van der Waals surface area contributed by atoms with Crippen LogP contribution in [0.2, 0.25) is 0 Å². The molecular weight excluding hydrogens is 472 g/mol. The average Bonchev–Trinajstić information content (AvgIpc) is 3.28. The van der Waals surface area contributed by atoms with Crippen molar-refractivity contribution in [1.82, 2.24) is 9.97 Å². The summed E-state index contributed by atoms with van der Waals surface area (Å²) >= 11 is 0. The summed E-state index contributed by atoms with van der Waals surface area (Å²) in [5.41, 5.74) is 3.07. The van der Waals surface area contributed by atoms with E-state index in [1.807, 2.05) is 54.3 Å². The predicted molar refractivity (Wildman–Crippen MR) is 139 cm³/mol. The monoisotopic (exact) mass is 498 g/mol. The van der Waals surface area contributed by atoms with E-state index in [4.69, 9.17) is 9.15 Å². The minimum Gasteiger partial charge on any atom is -0.493 e. The van der Waals surface area contributed by atoms with E-state index in [0.717, 1.165) is 16.8 Å². The van der Waals surface area contributed by atoms with Gasteiger partial charge in [-0.25, -0.2) is 14.8 Å². The molecule has 188 valence electrons. The Morgan fingerprint density at radius 2 is 1.89 bits per heavy atom. The summed E-state index contributed by atoms with van der Waals surface area (Å²) in [4.78, 5) is 37.2. The summed E-state index contributed by atoms with van der Waals surface area (Å²) in [5.74, 6) is 1.67. The number of ether oxygens (including phenoxy) is 1. The molecule has 9 nitrogen and oxygen atoms in total. The van der Waals surface area contributed by atoms with Crippen LogP contribution in [0.4, 0.5) is 17.3 Å². The van der Waals surface area contributed by atoms with Gasteiger partial charge in [-0.3, -0.25) is 4.79 Å². The van der Waals surface area contributed by atoms with Crippen molar-refractivity contribution in [2.45, 2.75) is 20.3 Å². The van der Waals surface area contributed by atoms with E-state index in [1.165, 1.54) is 6.07 Å². The molecule has 1 aliphatic rings. The lowest BCUT2D eigenvalue weighted by Gasteiger charge is -2.22. The summed E-state index contributed by atoms with van der Waals surface area (Å²) in [6.07, 6.45) is 4.05. The van der Waals surface area contributed by atoms with Crippen LogP contribution < -0.4 is 14.5 Å². The first-order chi connectivity index (χ1) is 17.9. The van der Waals surface area contributed by atoms with Crippen LogP contribution in [0.25, 0.3) is 11.3 Å². The molecule has 0 aliphatic carbocycles. The van der Waals surface area contributed by atoms with Gasteiger partial charge in [0.05, 0.1) is 17.9 Å². The smallest absolute Gasteiger partial charge is 0.339 e. The largest absolute Gasteiger partial charge is 0.493 e. The Bertz CT molecular complexity index is 1480. The molecule has 4 aromatic rings. The highest BCUT2D eigenvalue weighted by Crippen LogP contribution is 2.37. The second-order valence-corrected chi connectivity index (χ2v) is 8.68. The minimum atomic E-state index is -1.02. The Balaban J connectivity index is 1.29. The highest BCUT2D eigenvalue weighted by molar-refractivity contribution is 6.12. The molecule has 0 saturated heterocycles. The second kappa shape index (κ2) is 9.77. The number of anilines is 3. The number of aromatic nitrogens is 2. The molecule has 1 aromatic carbocycles. The van der Waals surface area contributed by atoms with Crippen LogP contribution in [0.1, 0.15) is 39.0 Å². The van der Waals surface area contributed by atoms with Gasteiger partial charge in [0.1, 0.15) is 28.7 Å². The maximum atomic E-state index is 13.3. The highest BCUT2D eigenvalue weighted by Gasteiger charge is 2.30. The molecule has 0 atom stereocenters. The van der Waals surface area contributed by atoms with Crippen molar-refractivity contribution >= 4 is 29.2 Å². The fraction of sp³-hybridized carbons (Fsp3) is 0.214. The molecule has 0 unspecified atom stereocenters. The summed E-state index contributed by atoms with van der Waals surface area (Å²) in [6.45, 7) is 4.65. The zero-order valence-electron chi connectivity index (χ0n) is 20.8. The number of carboxylic acids is 1. The fourth-order valence-corrected chi connectivity index (χ4v) is 4.40. The number of hydrogen-bond donors (Lipinski definition) is 1. The number of carbonyl (C=O) groups is 2. The molecular formula is C28H26N4O5. The van der Waals surface area contributed by atoms with Crippen LogP contribution in [-0.4, -0.2) is 47.2 Å². The molecule has 1 amide bonds. The maximum absolute atomic E-state index is 13.3. The maximum Gasteiger partial charge on any atom is 0.339 e. The van der Waals surface area contributed by atoms with Crippen molar-refractivity contribution in [3.8, 4) is 17.1 Å². The SMILES string of the molecule is CCN1c2ncc(CCOc3ccc(-c4cc(C(=O)O)c(C)o4)cc3)cc2C(=O)N(C)c2cccnc21. The summed E-state index contributed by atoms with van der Waals surface area (Å²) in [5, 5.41) is 9.22. The molecule has 3 aromatic heterocycles. The third-order valence-electron chi connectivity index (χ3n) is 6.36. The molecule has 9 heteroatoms. The van der Waals surface area contributed by atoms with Gasteiger partial charge in [-0.1, -0.05) is 0 Å². The first-order valence-electron chi connectivity index (χ1n) is 11.9. The van der Waals surface area contributed by atoms with Crippen LogP contribution in [0.5, 0.6) is 5.75 Å². The van der Waals surface area contributed by atoms with Crippen LogP contribution in [0.3, 0.4) is 0 Å². The number of pyridine rings is 2. The summed E-state index contributed by atoms with van der Waals surface area (Å²) in [6, 6.07) is 14.4. The van der Waals surface area contributed by atoms with Crippen molar-refractivity contribution in [3.05, 3.63) is 83.4 Å². The molecule has 4 heterocycles. The van der Waals surface area contributed by atoms with Crippen LogP contribution >= 0.6 is 0 Å². The van der Waals surface area contributed by atoms with Crippen LogP contribution in [0.15, 0.2) is 65.3 Å². The molecule has 0 bridgehead atoms. The third-order valence-corrected chi connectivity index (χ3v) is 6.36. The molecule has 0 saturated carbocycles.